The molecule has 2 aromatic rings. The lowest BCUT2D eigenvalue weighted by atomic mass is 10.0. The Balaban J connectivity index is 2.15. The molecule has 0 amide bonds. The second-order valence-corrected chi connectivity index (χ2v) is 5.17. The fourth-order valence-corrected chi connectivity index (χ4v) is 2.09. The lowest BCUT2D eigenvalue weighted by Crippen LogP contribution is -1.89. The van der Waals surface area contributed by atoms with Crippen molar-refractivity contribution in [2.75, 3.05) is 0 Å². The second-order valence-electron chi connectivity index (χ2n) is 4.61. The molecule has 0 fully saturated rings. The van der Waals surface area contributed by atoms with Crippen molar-refractivity contribution in [1.29, 1.82) is 0 Å². The van der Waals surface area contributed by atoms with E-state index in [1.54, 1.807) is 0 Å². The van der Waals surface area contributed by atoms with Gasteiger partial charge in [0.05, 0.1) is 0 Å². The van der Waals surface area contributed by atoms with Crippen LogP contribution in [0.15, 0.2) is 48.5 Å². The number of rotatable bonds is 4. The lowest BCUT2D eigenvalue weighted by molar-refractivity contribution is 0.481. The van der Waals surface area contributed by atoms with Gasteiger partial charge in [-0.1, -0.05) is 54.0 Å². The number of hydrogen-bond acceptors (Lipinski definition) is 1. The zero-order valence-corrected chi connectivity index (χ0v) is 12.3. The maximum atomic E-state index is 5.85. The summed E-state index contributed by atoms with van der Waals surface area (Å²) in [5, 5.41) is 0.871. The fraction of sp³-hybridized carbons (Fsp3) is 0.250. The van der Waals surface area contributed by atoms with E-state index < -0.39 is 0 Å². The van der Waals surface area contributed by atoms with Gasteiger partial charge < -0.3 is 4.74 Å². The minimum absolute atomic E-state index is 0.518. The molecule has 0 N–H and O–H groups in total. The zero-order valence-electron chi connectivity index (χ0n) is 10.7. The van der Waals surface area contributed by atoms with Crippen molar-refractivity contribution >= 4 is 15.9 Å². The van der Waals surface area contributed by atoms with Crippen LogP contribution in [0.1, 0.15) is 30.9 Å². The minimum atomic E-state index is 0.518. The van der Waals surface area contributed by atoms with Crippen molar-refractivity contribution < 1.29 is 4.74 Å². The molecule has 1 nitrogen and oxygen atoms in total. The monoisotopic (exact) mass is 304 g/mol. The van der Waals surface area contributed by atoms with E-state index in [4.69, 9.17) is 4.74 Å². The molecule has 0 bridgehead atoms. The minimum Gasteiger partial charge on any atom is -0.457 e. The average Bonchev–Trinajstić information content (AvgIpc) is 2.40. The highest BCUT2D eigenvalue weighted by Gasteiger charge is 2.02. The molecule has 0 radical (unpaired) electrons. The fourth-order valence-electron chi connectivity index (χ4n) is 1.72. The van der Waals surface area contributed by atoms with Gasteiger partial charge in [0.1, 0.15) is 11.5 Å². The quantitative estimate of drug-likeness (QED) is 0.678. The first kappa shape index (κ1) is 13.2. The van der Waals surface area contributed by atoms with Crippen LogP contribution >= 0.6 is 15.9 Å². The predicted octanol–water partition coefficient (Wildman–Crippen LogP) is 5.50. The van der Waals surface area contributed by atoms with E-state index >= 15 is 0 Å². The molecule has 2 heteroatoms. The molecule has 0 aromatic heterocycles. The Morgan fingerprint density at radius 1 is 1.00 bits per heavy atom. The van der Waals surface area contributed by atoms with Crippen molar-refractivity contribution in [1.82, 2.24) is 0 Å². The van der Waals surface area contributed by atoms with Crippen LogP contribution in [0.2, 0.25) is 0 Å². The standard InChI is InChI=1S/C16H17BrO/c1-12(2)14-4-3-5-16(10-14)18-15-8-6-13(11-17)7-9-15/h3-10,12H,11H2,1-2H3. The molecule has 0 saturated heterocycles. The molecule has 0 heterocycles. The molecular formula is C16H17BrO. The summed E-state index contributed by atoms with van der Waals surface area (Å²) in [5.74, 6) is 2.29. The second kappa shape index (κ2) is 6.05. The van der Waals surface area contributed by atoms with Gasteiger partial charge in [-0.25, -0.2) is 0 Å². The molecule has 0 aliphatic heterocycles. The van der Waals surface area contributed by atoms with Crippen LogP contribution in [-0.4, -0.2) is 0 Å². The third-order valence-electron chi connectivity index (χ3n) is 2.84. The molecule has 0 atom stereocenters. The van der Waals surface area contributed by atoms with E-state index in [1.165, 1.54) is 11.1 Å². The molecule has 0 spiro atoms. The third kappa shape index (κ3) is 3.36. The summed E-state index contributed by atoms with van der Waals surface area (Å²) in [4.78, 5) is 0. The van der Waals surface area contributed by atoms with Gasteiger partial charge in [-0.05, 0) is 41.3 Å². The first-order valence-corrected chi connectivity index (χ1v) is 7.24. The van der Waals surface area contributed by atoms with Gasteiger partial charge in [0.15, 0.2) is 0 Å². The Morgan fingerprint density at radius 3 is 2.33 bits per heavy atom. The maximum Gasteiger partial charge on any atom is 0.127 e. The summed E-state index contributed by atoms with van der Waals surface area (Å²) in [6.07, 6.45) is 0. The van der Waals surface area contributed by atoms with Crippen LogP contribution in [-0.2, 0) is 5.33 Å². The first-order chi connectivity index (χ1) is 8.69. The molecule has 0 unspecified atom stereocenters. The van der Waals surface area contributed by atoms with Gasteiger partial charge in [0, 0.05) is 5.33 Å². The van der Waals surface area contributed by atoms with Gasteiger partial charge in [0.25, 0.3) is 0 Å². The maximum absolute atomic E-state index is 5.85. The zero-order chi connectivity index (χ0) is 13.0. The number of alkyl halides is 1. The van der Waals surface area contributed by atoms with E-state index in [0.717, 1.165) is 16.8 Å². The summed E-state index contributed by atoms with van der Waals surface area (Å²) >= 11 is 3.43. The predicted molar refractivity (Wildman–Crippen MR) is 79.7 cm³/mol. The largest absolute Gasteiger partial charge is 0.457 e. The van der Waals surface area contributed by atoms with Crippen molar-refractivity contribution in [2.45, 2.75) is 25.1 Å². The van der Waals surface area contributed by atoms with Gasteiger partial charge in [0.2, 0.25) is 0 Å². The van der Waals surface area contributed by atoms with E-state index in [9.17, 15) is 0 Å². The summed E-state index contributed by atoms with van der Waals surface area (Å²) in [5.41, 5.74) is 2.54. The normalized spacial score (nSPS) is 10.7. The van der Waals surface area contributed by atoms with Crippen LogP contribution < -0.4 is 4.74 Å². The van der Waals surface area contributed by atoms with Gasteiger partial charge in [-0.2, -0.15) is 0 Å². The Bertz CT molecular complexity index is 503. The van der Waals surface area contributed by atoms with Gasteiger partial charge in [-0.15, -0.1) is 0 Å². The highest BCUT2D eigenvalue weighted by molar-refractivity contribution is 9.08. The number of halogens is 1. The summed E-state index contributed by atoms with van der Waals surface area (Å²) in [6, 6.07) is 16.4. The number of hydrogen-bond donors (Lipinski definition) is 0. The smallest absolute Gasteiger partial charge is 0.127 e. The van der Waals surface area contributed by atoms with Crippen molar-refractivity contribution in [3.05, 3.63) is 59.7 Å². The van der Waals surface area contributed by atoms with Crippen LogP contribution in [0.4, 0.5) is 0 Å². The third-order valence-corrected chi connectivity index (χ3v) is 3.49. The molecule has 0 aliphatic carbocycles. The van der Waals surface area contributed by atoms with Crippen molar-refractivity contribution in [3.63, 3.8) is 0 Å². The van der Waals surface area contributed by atoms with E-state index in [-0.39, 0.29) is 0 Å². The Hall–Kier alpha value is -1.28. The first-order valence-electron chi connectivity index (χ1n) is 6.12. The summed E-state index contributed by atoms with van der Waals surface area (Å²) in [6.45, 7) is 4.37. The summed E-state index contributed by atoms with van der Waals surface area (Å²) in [7, 11) is 0. The topological polar surface area (TPSA) is 9.23 Å². The van der Waals surface area contributed by atoms with Crippen LogP contribution in [0.3, 0.4) is 0 Å². The Morgan fingerprint density at radius 2 is 1.72 bits per heavy atom. The van der Waals surface area contributed by atoms with E-state index in [2.05, 4.69) is 54.0 Å². The molecule has 2 aromatic carbocycles. The molecule has 0 saturated carbocycles. The molecular weight excluding hydrogens is 288 g/mol. The number of benzene rings is 2. The highest BCUT2D eigenvalue weighted by Crippen LogP contribution is 2.25. The Kier molecular flexibility index (Phi) is 4.43. The van der Waals surface area contributed by atoms with Crippen molar-refractivity contribution in [3.8, 4) is 11.5 Å². The molecule has 2 rings (SSSR count). The van der Waals surface area contributed by atoms with E-state index in [0.29, 0.717) is 5.92 Å². The highest BCUT2D eigenvalue weighted by atomic mass is 79.9. The summed E-state index contributed by atoms with van der Waals surface area (Å²) < 4.78 is 5.85. The SMILES string of the molecule is CC(C)c1cccc(Oc2ccc(CBr)cc2)c1. The molecule has 0 aliphatic rings. The van der Waals surface area contributed by atoms with E-state index in [1.807, 2.05) is 24.3 Å². The molecule has 18 heavy (non-hydrogen) atoms. The van der Waals surface area contributed by atoms with Gasteiger partial charge in [-0.3, -0.25) is 0 Å². The number of ether oxygens (including phenoxy) is 1. The van der Waals surface area contributed by atoms with Crippen LogP contribution in [0.25, 0.3) is 0 Å². The lowest BCUT2D eigenvalue weighted by Gasteiger charge is -2.10. The average molecular weight is 305 g/mol. The van der Waals surface area contributed by atoms with Gasteiger partial charge >= 0.3 is 0 Å². The molecule has 94 valence electrons. The van der Waals surface area contributed by atoms with Crippen molar-refractivity contribution in [2.24, 2.45) is 0 Å². The Labute approximate surface area is 117 Å². The van der Waals surface area contributed by atoms with Crippen LogP contribution in [0, 0.1) is 0 Å². The van der Waals surface area contributed by atoms with Crippen LogP contribution in [0.5, 0.6) is 11.5 Å².